The van der Waals surface area contributed by atoms with Gasteiger partial charge in [-0.25, -0.2) is 5.48 Å². The van der Waals surface area contributed by atoms with Crippen LogP contribution in [-0.2, 0) is 27.5 Å². The molecule has 3 rings (SSSR count). The summed E-state index contributed by atoms with van der Waals surface area (Å²) in [5.41, 5.74) is 10.9. The van der Waals surface area contributed by atoms with Crippen molar-refractivity contribution in [3.8, 4) is 0 Å². The van der Waals surface area contributed by atoms with E-state index in [-0.39, 0.29) is 18.2 Å². The van der Waals surface area contributed by atoms with Crippen LogP contribution in [0.5, 0.6) is 0 Å². The van der Waals surface area contributed by atoms with E-state index >= 15 is 0 Å². The summed E-state index contributed by atoms with van der Waals surface area (Å²) in [7, 11) is 0. The molecule has 3 amide bonds. The van der Waals surface area contributed by atoms with Gasteiger partial charge in [0.05, 0.1) is 6.61 Å². The Kier molecular flexibility index (Phi) is 9.02. The van der Waals surface area contributed by atoms with Crippen LogP contribution in [0.2, 0.25) is 0 Å². The summed E-state index contributed by atoms with van der Waals surface area (Å²) in [6.07, 6.45) is 3.39. The van der Waals surface area contributed by atoms with Gasteiger partial charge in [-0.1, -0.05) is 55.0 Å². The van der Waals surface area contributed by atoms with Crippen LogP contribution in [-0.4, -0.2) is 29.3 Å². The number of para-hydroxylation sites is 1. The molecule has 5 N–H and O–H groups in total. The van der Waals surface area contributed by atoms with Gasteiger partial charge in [0, 0.05) is 30.3 Å². The lowest BCUT2D eigenvalue weighted by molar-refractivity contribution is -0.134. The zero-order valence-electron chi connectivity index (χ0n) is 18.6. The number of fused-ring (bicyclic) bond motifs is 1. The minimum atomic E-state index is -0.531. The third-order valence-corrected chi connectivity index (χ3v) is 5.33. The number of aryl methyl sites for hydroxylation is 1. The number of carbonyl (C=O) groups is 3. The van der Waals surface area contributed by atoms with Crippen molar-refractivity contribution < 1.29 is 19.2 Å². The number of primary amides is 1. The van der Waals surface area contributed by atoms with E-state index in [1.54, 1.807) is 0 Å². The Hall–Kier alpha value is -3.65. The second-order valence-electron chi connectivity index (χ2n) is 7.85. The highest BCUT2D eigenvalue weighted by molar-refractivity contribution is 6.00. The van der Waals surface area contributed by atoms with Crippen molar-refractivity contribution in [1.82, 2.24) is 15.8 Å². The van der Waals surface area contributed by atoms with E-state index in [0.29, 0.717) is 38.1 Å². The summed E-state index contributed by atoms with van der Waals surface area (Å²) in [5.74, 6) is -0.766. The first-order valence-corrected chi connectivity index (χ1v) is 11.1. The SMILES string of the molecule is NC(=O)c1[nH]c2ccccc2c1CCC(=O)NCCCCCC(=O)NOCc1ccccc1. The van der Waals surface area contributed by atoms with E-state index in [4.69, 9.17) is 10.6 Å². The number of nitrogens with two attached hydrogens (primary N) is 1. The van der Waals surface area contributed by atoms with Gasteiger partial charge in [0.15, 0.2) is 0 Å². The van der Waals surface area contributed by atoms with E-state index in [0.717, 1.165) is 34.9 Å². The Labute approximate surface area is 192 Å². The highest BCUT2D eigenvalue weighted by Crippen LogP contribution is 2.23. The molecule has 1 heterocycles. The molecule has 0 bridgehead atoms. The van der Waals surface area contributed by atoms with Crippen LogP contribution in [0.25, 0.3) is 10.9 Å². The minimum absolute atomic E-state index is 0.0808. The lowest BCUT2D eigenvalue weighted by Crippen LogP contribution is -2.25. The van der Waals surface area contributed by atoms with Crippen molar-refractivity contribution in [2.45, 2.75) is 45.1 Å². The zero-order chi connectivity index (χ0) is 23.5. The van der Waals surface area contributed by atoms with E-state index in [1.165, 1.54) is 0 Å². The summed E-state index contributed by atoms with van der Waals surface area (Å²) in [6, 6.07) is 17.2. The molecule has 8 heteroatoms. The van der Waals surface area contributed by atoms with Crippen LogP contribution in [0.3, 0.4) is 0 Å². The average Bonchev–Trinajstić information content (AvgIpc) is 3.19. The molecule has 0 fully saturated rings. The second-order valence-corrected chi connectivity index (χ2v) is 7.85. The quantitative estimate of drug-likeness (QED) is 0.236. The molecule has 1 aromatic heterocycles. The predicted molar refractivity (Wildman–Crippen MR) is 126 cm³/mol. The lowest BCUT2D eigenvalue weighted by Gasteiger charge is -2.07. The van der Waals surface area contributed by atoms with E-state index in [9.17, 15) is 14.4 Å². The van der Waals surface area contributed by atoms with E-state index in [2.05, 4.69) is 15.8 Å². The van der Waals surface area contributed by atoms with Crippen LogP contribution in [0, 0.1) is 0 Å². The number of amides is 3. The highest BCUT2D eigenvalue weighted by Gasteiger charge is 2.16. The third-order valence-electron chi connectivity index (χ3n) is 5.33. The van der Waals surface area contributed by atoms with Gasteiger partial charge in [-0.3, -0.25) is 19.2 Å². The molecular weight excluding hydrogens is 420 g/mol. The molecule has 0 saturated carbocycles. The zero-order valence-corrected chi connectivity index (χ0v) is 18.6. The molecule has 33 heavy (non-hydrogen) atoms. The number of hydrogen-bond acceptors (Lipinski definition) is 4. The first-order valence-electron chi connectivity index (χ1n) is 11.1. The standard InChI is InChI=1S/C25H30N4O4/c26-25(32)24-20(19-11-6-7-12-21(19)28-24)14-15-22(30)27-16-8-2-5-13-23(31)29-33-17-18-9-3-1-4-10-18/h1,3-4,6-7,9-12,28H,2,5,8,13-17H2,(H2,26,32)(H,27,30)(H,29,31). The maximum absolute atomic E-state index is 12.2. The molecule has 0 unspecified atom stereocenters. The molecule has 0 aliphatic carbocycles. The summed E-state index contributed by atoms with van der Waals surface area (Å²) >= 11 is 0. The van der Waals surface area contributed by atoms with Crippen LogP contribution >= 0.6 is 0 Å². The van der Waals surface area contributed by atoms with Crippen LogP contribution in [0.1, 0.15) is 53.7 Å². The number of hydrogen-bond donors (Lipinski definition) is 4. The number of benzene rings is 2. The molecule has 0 atom stereocenters. The van der Waals surface area contributed by atoms with Gasteiger partial charge >= 0.3 is 0 Å². The van der Waals surface area contributed by atoms with Crippen LogP contribution < -0.4 is 16.5 Å². The molecule has 0 aliphatic heterocycles. The number of hydroxylamine groups is 1. The van der Waals surface area contributed by atoms with Gasteiger partial charge in [-0.15, -0.1) is 0 Å². The van der Waals surface area contributed by atoms with Crippen molar-refractivity contribution in [1.29, 1.82) is 0 Å². The summed E-state index contributed by atoms with van der Waals surface area (Å²) in [4.78, 5) is 44.0. The number of carbonyl (C=O) groups excluding carboxylic acids is 3. The second kappa shape index (κ2) is 12.4. The molecule has 3 aromatic rings. The Morgan fingerprint density at radius 1 is 0.879 bits per heavy atom. The fourth-order valence-corrected chi connectivity index (χ4v) is 3.64. The van der Waals surface area contributed by atoms with Gasteiger partial charge in [0.25, 0.3) is 5.91 Å². The molecule has 2 aromatic carbocycles. The number of nitrogens with one attached hydrogen (secondary N) is 3. The van der Waals surface area contributed by atoms with Crippen molar-refractivity contribution in [3.05, 3.63) is 71.4 Å². The maximum Gasteiger partial charge on any atom is 0.265 e. The van der Waals surface area contributed by atoms with E-state index in [1.807, 2.05) is 54.6 Å². The van der Waals surface area contributed by atoms with Crippen molar-refractivity contribution in [3.63, 3.8) is 0 Å². The van der Waals surface area contributed by atoms with Gasteiger partial charge < -0.3 is 16.0 Å². The highest BCUT2D eigenvalue weighted by atomic mass is 16.6. The largest absolute Gasteiger partial charge is 0.364 e. The molecule has 0 spiro atoms. The van der Waals surface area contributed by atoms with Crippen molar-refractivity contribution >= 4 is 28.6 Å². The van der Waals surface area contributed by atoms with Gasteiger partial charge in [0.1, 0.15) is 5.69 Å². The fourth-order valence-electron chi connectivity index (χ4n) is 3.64. The molecule has 8 nitrogen and oxygen atoms in total. The minimum Gasteiger partial charge on any atom is -0.364 e. The number of rotatable bonds is 13. The van der Waals surface area contributed by atoms with Crippen molar-refractivity contribution in [2.75, 3.05) is 6.54 Å². The number of aromatic amines is 1. The van der Waals surface area contributed by atoms with Crippen molar-refractivity contribution in [2.24, 2.45) is 5.73 Å². The molecule has 0 saturated heterocycles. The van der Waals surface area contributed by atoms with Gasteiger partial charge in [0.2, 0.25) is 11.8 Å². The van der Waals surface area contributed by atoms with Crippen LogP contribution in [0.15, 0.2) is 54.6 Å². The predicted octanol–water partition coefficient (Wildman–Crippen LogP) is 3.12. The first kappa shape index (κ1) is 24.0. The van der Waals surface area contributed by atoms with Gasteiger partial charge in [-0.2, -0.15) is 0 Å². The lowest BCUT2D eigenvalue weighted by atomic mass is 10.0. The normalized spacial score (nSPS) is 10.8. The van der Waals surface area contributed by atoms with Gasteiger partial charge in [-0.05, 0) is 36.5 Å². The Morgan fingerprint density at radius 3 is 2.42 bits per heavy atom. The van der Waals surface area contributed by atoms with Crippen LogP contribution in [0.4, 0.5) is 0 Å². The number of aromatic nitrogens is 1. The summed E-state index contributed by atoms with van der Waals surface area (Å²) < 4.78 is 0. The van der Waals surface area contributed by atoms with E-state index < -0.39 is 5.91 Å². The average molecular weight is 451 g/mol. The smallest absolute Gasteiger partial charge is 0.265 e. The topological polar surface area (TPSA) is 126 Å². The third kappa shape index (κ3) is 7.47. The molecule has 0 aliphatic rings. The Bertz CT molecular complexity index is 1080. The summed E-state index contributed by atoms with van der Waals surface area (Å²) in [6.45, 7) is 0.875. The Morgan fingerprint density at radius 2 is 1.64 bits per heavy atom. The molecule has 174 valence electrons. The molecular formula is C25H30N4O4. The number of unbranched alkanes of at least 4 members (excludes halogenated alkanes) is 2. The molecule has 0 radical (unpaired) electrons. The fraction of sp³-hybridized carbons (Fsp3) is 0.320. The monoisotopic (exact) mass is 450 g/mol. The first-order chi connectivity index (χ1) is 16.0. The summed E-state index contributed by atoms with van der Waals surface area (Å²) in [5, 5.41) is 3.80. The number of H-pyrrole nitrogens is 1. The Balaban J connectivity index is 1.28. The maximum atomic E-state index is 12.2.